The minimum absolute atomic E-state index is 0.393. The first-order valence-electron chi connectivity index (χ1n) is 4.99. The van der Waals surface area contributed by atoms with Crippen LogP contribution in [0.2, 0.25) is 0 Å². The highest BCUT2D eigenvalue weighted by molar-refractivity contribution is 5.92. The van der Waals surface area contributed by atoms with Gasteiger partial charge in [-0.15, -0.1) is 0 Å². The molecule has 0 radical (unpaired) electrons. The Morgan fingerprint density at radius 3 is 2.59 bits per heavy atom. The zero-order valence-corrected chi connectivity index (χ0v) is 8.88. The summed E-state index contributed by atoms with van der Waals surface area (Å²) in [6.07, 6.45) is 0. The Kier molecular flexibility index (Phi) is 2.93. The zero-order chi connectivity index (χ0) is 12.3. The van der Waals surface area contributed by atoms with E-state index in [1.165, 1.54) is 0 Å². The van der Waals surface area contributed by atoms with E-state index in [-0.39, 0.29) is 0 Å². The minimum Gasteiger partial charge on any atom is -0.481 e. The first-order chi connectivity index (χ1) is 8.22. The normalized spacial score (nSPS) is 9.82. The molecule has 4 heteroatoms. The molecule has 0 saturated heterocycles. The molecule has 0 aliphatic carbocycles. The Bertz CT molecular complexity index is 614. The second-order valence-electron chi connectivity index (χ2n) is 3.45. The van der Waals surface area contributed by atoms with Crippen LogP contribution in [0.1, 0.15) is 5.56 Å². The number of carboxylic acids is 1. The fraction of sp³-hybridized carbons (Fsp3) is 0.0769. The third kappa shape index (κ3) is 2.18. The number of ether oxygens (including phenoxy) is 1. The summed E-state index contributed by atoms with van der Waals surface area (Å²) in [6, 6.07) is 12.6. The van der Waals surface area contributed by atoms with Crippen LogP contribution in [0.5, 0.6) is 5.75 Å². The minimum atomic E-state index is -1.03. The highest BCUT2D eigenvalue weighted by Crippen LogP contribution is 2.28. The molecule has 0 amide bonds. The molecule has 84 valence electrons. The highest BCUT2D eigenvalue weighted by atomic mass is 16.5. The number of carboxylic acid groups (broad SMARTS) is 1. The monoisotopic (exact) mass is 227 g/mol. The summed E-state index contributed by atoms with van der Waals surface area (Å²) < 4.78 is 5.17. The van der Waals surface area contributed by atoms with E-state index < -0.39 is 12.6 Å². The van der Waals surface area contributed by atoms with Crippen molar-refractivity contribution in [3.8, 4) is 11.8 Å². The fourth-order valence-corrected chi connectivity index (χ4v) is 1.63. The van der Waals surface area contributed by atoms with Crippen LogP contribution in [0.3, 0.4) is 0 Å². The fourth-order valence-electron chi connectivity index (χ4n) is 1.63. The molecule has 0 aliphatic heterocycles. The Balaban J connectivity index is 2.52. The van der Waals surface area contributed by atoms with Gasteiger partial charge in [-0.1, -0.05) is 24.3 Å². The van der Waals surface area contributed by atoms with Gasteiger partial charge in [0, 0.05) is 10.8 Å². The Labute approximate surface area is 97.7 Å². The number of hydrogen-bond acceptors (Lipinski definition) is 3. The smallest absolute Gasteiger partial charge is 0.341 e. The molecule has 2 aromatic carbocycles. The van der Waals surface area contributed by atoms with Gasteiger partial charge in [0.25, 0.3) is 0 Å². The van der Waals surface area contributed by atoms with Crippen LogP contribution in [0.15, 0.2) is 36.4 Å². The molecular weight excluding hydrogens is 218 g/mol. The quantitative estimate of drug-likeness (QED) is 0.872. The maximum Gasteiger partial charge on any atom is 0.341 e. The van der Waals surface area contributed by atoms with Crippen LogP contribution in [0.25, 0.3) is 10.8 Å². The van der Waals surface area contributed by atoms with E-state index >= 15 is 0 Å². The third-order valence-corrected chi connectivity index (χ3v) is 2.36. The average Bonchev–Trinajstić information content (AvgIpc) is 2.35. The number of benzene rings is 2. The van der Waals surface area contributed by atoms with E-state index in [4.69, 9.17) is 15.1 Å². The summed E-state index contributed by atoms with van der Waals surface area (Å²) in [7, 11) is 0. The van der Waals surface area contributed by atoms with Crippen LogP contribution in [0.4, 0.5) is 0 Å². The van der Waals surface area contributed by atoms with Gasteiger partial charge >= 0.3 is 5.97 Å². The lowest BCUT2D eigenvalue weighted by atomic mass is 10.0. The maximum atomic E-state index is 10.5. The van der Waals surface area contributed by atoms with Gasteiger partial charge in [-0.05, 0) is 12.1 Å². The molecular formula is C13H9NO3. The van der Waals surface area contributed by atoms with E-state index in [2.05, 4.69) is 6.07 Å². The van der Waals surface area contributed by atoms with Gasteiger partial charge in [0.2, 0.25) is 0 Å². The average molecular weight is 227 g/mol. The number of aliphatic carboxylic acids is 1. The second kappa shape index (κ2) is 4.54. The predicted molar refractivity (Wildman–Crippen MR) is 61.8 cm³/mol. The van der Waals surface area contributed by atoms with Gasteiger partial charge < -0.3 is 9.84 Å². The molecule has 0 spiro atoms. The first kappa shape index (κ1) is 11.0. The van der Waals surface area contributed by atoms with Crippen LogP contribution in [-0.2, 0) is 4.79 Å². The van der Waals surface area contributed by atoms with Crippen molar-refractivity contribution in [2.75, 3.05) is 6.61 Å². The van der Waals surface area contributed by atoms with Crippen molar-refractivity contribution in [1.82, 2.24) is 0 Å². The number of carbonyl (C=O) groups is 1. The summed E-state index contributed by atoms with van der Waals surface area (Å²) in [5, 5.41) is 19.0. The van der Waals surface area contributed by atoms with Gasteiger partial charge in [0.1, 0.15) is 5.75 Å². The lowest BCUT2D eigenvalue weighted by Gasteiger charge is -2.08. The molecule has 0 saturated carbocycles. The summed E-state index contributed by atoms with van der Waals surface area (Å²) in [5.41, 5.74) is 0.545. The Hall–Kier alpha value is -2.54. The van der Waals surface area contributed by atoms with Crippen molar-refractivity contribution in [3.63, 3.8) is 0 Å². The maximum absolute atomic E-state index is 10.5. The molecule has 0 aliphatic rings. The van der Waals surface area contributed by atoms with E-state index in [0.717, 1.165) is 10.8 Å². The van der Waals surface area contributed by atoms with Crippen LogP contribution >= 0.6 is 0 Å². The zero-order valence-electron chi connectivity index (χ0n) is 8.88. The molecule has 1 N–H and O–H groups in total. The van der Waals surface area contributed by atoms with Crippen LogP contribution in [0, 0.1) is 11.3 Å². The number of hydrogen-bond donors (Lipinski definition) is 1. The molecule has 0 aromatic heterocycles. The molecule has 2 rings (SSSR count). The van der Waals surface area contributed by atoms with Gasteiger partial charge in [-0.2, -0.15) is 5.26 Å². The predicted octanol–water partition coefficient (Wildman–Crippen LogP) is 2.17. The first-order valence-corrected chi connectivity index (χ1v) is 4.99. The van der Waals surface area contributed by atoms with Crippen molar-refractivity contribution in [2.45, 2.75) is 0 Å². The number of rotatable bonds is 3. The molecule has 2 aromatic rings. The standard InChI is InChI=1S/C13H9NO3/c14-7-9-5-6-12(17-8-13(15)16)11-4-2-1-3-10(9)11/h1-6H,8H2,(H,15,16). The molecule has 0 unspecified atom stereocenters. The lowest BCUT2D eigenvalue weighted by Crippen LogP contribution is -2.09. The number of nitrogens with zero attached hydrogens (tertiary/aromatic N) is 1. The summed E-state index contributed by atoms with van der Waals surface area (Å²) in [4.78, 5) is 10.5. The molecule has 0 fully saturated rings. The summed E-state index contributed by atoms with van der Waals surface area (Å²) >= 11 is 0. The van der Waals surface area contributed by atoms with Gasteiger partial charge in [-0.25, -0.2) is 4.79 Å². The van der Waals surface area contributed by atoms with Crippen molar-refractivity contribution >= 4 is 16.7 Å². The van der Waals surface area contributed by atoms with Crippen molar-refractivity contribution in [2.24, 2.45) is 0 Å². The van der Waals surface area contributed by atoms with E-state index in [0.29, 0.717) is 11.3 Å². The van der Waals surface area contributed by atoms with Gasteiger partial charge in [0.15, 0.2) is 6.61 Å². The largest absolute Gasteiger partial charge is 0.481 e. The lowest BCUT2D eigenvalue weighted by molar-refractivity contribution is -0.139. The van der Waals surface area contributed by atoms with Crippen LogP contribution in [-0.4, -0.2) is 17.7 Å². The molecule has 4 nitrogen and oxygen atoms in total. The Morgan fingerprint density at radius 2 is 1.94 bits per heavy atom. The van der Waals surface area contributed by atoms with Crippen molar-refractivity contribution in [1.29, 1.82) is 5.26 Å². The third-order valence-electron chi connectivity index (χ3n) is 2.36. The highest BCUT2D eigenvalue weighted by Gasteiger charge is 2.07. The SMILES string of the molecule is N#Cc1ccc(OCC(=O)O)c2ccccc12. The summed E-state index contributed by atoms with van der Waals surface area (Å²) in [5.74, 6) is -0.555. The van der Waals surface area contributed by atoms with Crippen molar-refractivity contribution in [3.05, 3.63) is 42.0 Å². The van der Waals surface area contributed by atoms with Gasteiger partial charge in [0.05, 0.1) is 11.6 Å². The van der Waals surface area contributed by atoms with Crippen LogP contribution < -0.4 is 4.74 Å². The number of fused-ring (bicyclic) bond motifs is 1. The van der Waals surface area contributed by atoms with Crippen molar-refractivity contribution < 1.29 is 14.6 Å². The summed E-state index contributed by atoms with van der Waals surface area (Å²) in [6.45, 7) is -0.393. The second-order valence-corrected chi connectivity index (χ2v) is 3.45. The molecule has 0 atom stereocenters. The molecule has 17 heavy (non-hydrogen) atoms. The Morgan fingerprint density at radius 1 is 1.24 bits per heavy atom. The number of nitriles is 1. The molecule has 0 heterocycles. The molecule has 0 bridgehead atoms. The van der Waals surface area contributed by atoms with Gasteiger partial charge in [-0.3, -0.25) is 0 Å². The van der Waals surface area contributed by atoms with E-state index in [1.54, 1.807) is 18.2 Å². The topological polar surface area (TPSA) is 70.3 Å². The van der Waals surface area contributed by atoms with E-state index in [9.17, 15) is 4.79 Å². The van der Waals surface area contributed by atoms with E-state index in [1.807, 2.05) is 18.2 Å².